The third kappa shape index (κ3) is 3.19. The number of nitrogens with zero attached hydrogens (tertiary/aromatic N) is 1. The van der Waals surface area contributed by atoms with Gasteiger partial charge in [-0.3, -0.25) is 10.1 Å². The molecule has 0 fully saturated rings. The number of benzene rings is 2. The van der Waals surface area contributed by atoms with Gasteiger partial charge in [0.2, 0.25) is 0 Å². The number of halogens is 1. The number of rotatable bonds is 5. The molecule has 2 rings (SSSR count). The van der Waals surface area contributed by atoms with Gasteiger partial charge in [-0.1, -0.05) is 31.2 Å². The molecule has 0 aliphatic heterocycles. The Morgan fingerprint density at radius 3 is 2.60 bits per heavy atom. The Bertz CT molecular complexity index is 629. The van der Waals surface area contributed by atoms with Crippen LogP contribution in [0.2, 0.25) is 0 Å². The van der Waals surface area contributed by atoms with E-state index in [1.165, 1.54) is 18.2 Å². The lowest BCUT2D eigenvalue weighted by atomic mass is 10.0. The molecular formula is C15H15FN2O2. The highest BCUT2D eigenvalue weighted by Gasteiger charge is 2.09. The van der Waals surface area contributed by atoms with E-state index in [1.54, 1.807) is 24.3 Å². The number of hydrogen-bond donors (Lipinski definition) is 1. The maximum atomic E-state index is 13.9. The van der Waals surface area contributed by atoms with Crippen LogP contribution in [-0.4, -0.2) is 11.5 Å². The molecule has 0 amide bonds. The second-order valence-corrected chi connectivity index (χ2v) is 4.39. The quantitative estimate of drug-likeness (QED) is 0.670. The van der Waals surface area contributed by atoms with E-state index in [0.29, 0.717) is 23.2 Å². The van der Waals surface area contributed by atoms with Crippen LogP contribution in [0.15, 0.2) is 42.5 Å². The summed E-state index contributed by atoms with van der Waals surface area (Å²) in [5.41, 5.74) is 1.85. The van der Waals surface area contributed by atoms with E-state index in [2.05, 4.69) is 5.32 Å². The fourth-order valence-electron chi connectivity index (χ4n) is 1.93. The minimum absolute atomic E-state index is 0.000339. The van der Waals surface area contributed by atoms with Gasteiger partial charge in [0.05, 0.1) is 4.92 Å². The van der Waals surface area contributed by atoms with Crippen molar-refractivity contribution in [2.24, 2.45) is 0 Å². The molecule has 1 N–H and O–H groups in total. The number of non-ortho nitro benzene ring substituents is 1. The highest BCUT2D eigenvalue weighted by Crippen LogP contribution is 2.25. The third-order valence-corrected chi connectivity index (χ3v) is 3.01. The summed E-state index contributed by atoms with van der Waals surface area (Å²) < 4.78 is 13.9. The first-order chi connectivity index (χ1) is 9.61. The van der Waals surface area contributed by atoms with Gasteiger partial charge in [-0.2, -0.15) is 0 Å². The van der Waals surface area contributed by atoms with Crippen LogP contribution in [0.1, 0.15) is 12.5 Å². The monoisotopic (exact) mass is 274 g/mol. The molecule has 0 aliphatic carbocycles. The van der Waals surface area contributed by atoms with Crippen molar-refractivity contribution >= 4 is 5.69 Å². The summed E-state index contributed by atoms with van der Waals surface area (Å²) in [6, 6.07) is 11.1. The number of nitrogens with one attached hydrogen (secondary N) is 1. The van der Waals surface area contributed by atoms with Crippen molar-refractivity contribution in [3.05, 3.63) is 64.0 Å². The van der Waals surface area contributed by atoms with Gasteiger partial charge >= 0.3 is 0 Å². The number of hydrogen-bond acceptors (Lipinski definition) is 3. The van der Waals surface area contributed by atoms with Gasteiger partial charge in [0.25, 0.3) is 5.69 Å². The molecule has 2 aromatic carbocycles. The smallest absolute Gasteiger partial charge is 0.270 e. The molecular weight excluding hydrogens is 259 g/mol. The fourth-order valence-corrected chi connectivity index (χ4v) is 1.93. The predicted molar refractivity (Wildman–Crippen MR) is 75.9 cm³/mol. The molecule has 4 nitrogen and oxygen atoms in total. The molecule has 0 spiro atoms. The van der Waals surface area contributed by atoms with Crippen LogP contribution in [0, 0.1) is 15.9 Å². The Kier molecular flexibility index (Phi) is 4.42. The molecule has 0 saturated carbocycles. The van der Waals surface area contributed by atoms with Crippen molar-refractivity contribution in [3.63, 3.8) is 0 Å². The van der Waals surface area contributed by atoms with Crippen LogP contribution in [0.4, 0.5) is 10.1 Å². The molecule has 0 aliphatic rings. The van der Waals surface area contributed by atoms with Crippen LogP contribution in [0.25, 0.3) is 11.1 Å². The predicted octanol–water partition coefficient (Wildman–Crippen LogP) is 3.51. The molecule has 0 unspecified atom stereocenters. The van der Waals surface area contributed by atoms with Gasteiger partial charge in [0.15, 0.2) is 0 Å². The van der Waals surface area contributed by atoms with Crippen molar-refractivity contribution in [1.82, 2.24) is 5.32 Å². The minimum Gasteiger partial charge on any atom is -0.313 e. The largest absolute Gasteiger partial charge is 0.313 e. The molecule has 0 saturated heterocycles. The molecule has 2 aromatic rings. The van der Waals surface area contributed by atoms with Gasteiger partial charge < -0.3 is 5.32 Å². The molecule has 0 atom stereocenters. The van der Waals surface area contributed by atoms with E-state index in [0.717, 1.165) is 6.54 Å². The van der Waals surface area contributed by atoms with Gasteiger partial charge in [-0.05, 0) is 23.7 Å². The lowest BCUT2D eigenvalue weighted by Gasteiger charge is -2.07. The molecule has 0 heterocycles. The van der Waals surface area contributed by atoms with E-state index >= 15 is 0 Å². The summed E-state index contributed by atoms with van der Waals surface area (Å²) in [6.45, 7) is 3.19. The SMILES string of the molecule is CCNCc1ccc(-c2cccc([N+](=O)[O-])c2)cc1F. The van der Waals surface area contributed by atoms with Gasteiger partial charge in [-0.15, -0.1) is 0 Å². The van der Waals surface area contributed by atoms with E-state index in [9.17, 15) is 14.5 Å². The van der Waals surface area contributed by atoms with Gasteiger partial charge in [-0.25, -0.2) is 4.39 Å². The van der Waals surface area contributed by atoms with Crippen molar-refractivity contribution < 1.29 is 9.31 Å². The molecule has 0 radical (unpaired) electrons. The van der Waals surface area contributed by atoms with E-state index in [4.69, 9.17) is 0 Å². The second kappa shape index (κ2) is 6.25. The molecule has 104 valence electrons. The standard InChI is InChI=1S/C15H15FN2O2/c1-2-17-10-13-7-6-12(9-15(13)16)11-4-3-5-14(8-11)18(19)20/h3-9,17H,2,10H2,1H3. The average molecular weight is 274 g/mol. The molecule has 0 bridgehead atoms. The second-order valence-electron chi connectivity index (χ2n) is 4.39. The minimum atomic E-state index is -0.459. The average Bonchev–Trinajstić information content (AvgIpc) is 2.46. The summed E-state index contributed by atoms with van der Waals surface area (Å²) in [5.74, 6) is -0.310. The Hall–Kier alpha value is -2.27. The van der Waals surface area contributed by atoms with Crippen molar-refractivity contribution in [2.75, 3.05) is 6.54 Å². The summed E-state index contributed by atoms with van der Waals surface area (Å²) in [5, 5.41) is 13.8. The van der Waals surface area contributed by atoms with E-state index in [-0.39, 0.29) is 11.5 Å². The Balaban J connectivity index is 2.31. The zero-order valence-electron chi connectivity index (χ0n) is 11.1. The van der Waals surface area contributed by atoms with Gasteiger partial charge in [0, 0.05) is 24.2 Å². The Morgan fingerprint density at radius 2 is 1.95 bits per heavy atom. The van der Waals surface area contributed by atoms with Crippen molar-refractivity contribution in [1.29, 1.82) is 0 Å². The normalized spacial score (nSPS) is 10.5. The summed E-state index contributed by atoms with van der Waals surface area (Å²) in [4.78, 5) is 10.3. The highest BCUT2D eigenvalue weighted by atomic mass is 19.1. The molecule has 5 heteroatoms. The van der Waals surface area contributed by atoms with E-state index < -0.39 is 4.92 Å². The topological polar surface area (TPSA) is 55.2 Å². The first-order valence-corrected chi connectivity index (χ1v) is 6.35. The zero-order chi connectivity index (χ0) is 14.5. The summed E-state index contributed by atoms with van der Waals surface area (Å²) in [6.07, 6.45) is 0. The van der Waals surface area contributed by atoms with Crippen molar-refractivity contribution in [2.45, 2.75) is 13.5 Å². The number of nitro groups is 1. The van der Waals surface area contributed by atoms with E-state index in [1.807, 2.05) is 6.92 Å². The lowest BCUT2D eigenvalue weighted by Crippen LogP contribution is -2.12. The maximum Gasteiger partial charge on any atom is 0.270 e. The lowest BCUT2D eigenvalue weighted by molar-refractivity contribution is -0.384. The van der Waals surface area contributed by atoms with Crippen LogP contribution in [-0.2, 0) is 6.54 Å². The molecule has 0 aromatic heterocycles. The maximum absolute atomic E-state index is 13.9. The highest BCUT2D eigenvalue weighted by molar-refractivity contribution is 5.66. The fraction of sp³-hybridized carbons (Fsp3) is 0.200. The van der Waals surface area contributed by atoms with Crippen LogP contribution < -0.4 is 5.32 Å². The van der Waals surface area contributed by atoms with Crippen LogP contribution in [0.3, 0.4) is 0 Å². The van der Waals surface area contributed by atoms with Crippen molar-refractivity contribution in [3.8, 4) is 11.1 Å². The summed E-state index contributed by atoms with van der Waals surface area (Å²) in [7, 11) is 0. The first kappa shape index (κ1) is 14.1. The van der Waals surface area contributed by atoms with Gasteiger partial charge in [0.1, 0.15) is 5.82 Å². The summed E-state index contributed by atoms with van der Waals surface area (Å²) >= 11 is 0. The van der Waals surface area contributed by atoms with Crippen LogP contribution >= 0.6 is 0 Å². The zero-order valence-corrected chi connectivity index (χ0v) is 11.1. The van der Waals surface area contributed by atoms with Crippen LogP contribution in [0.5, 0.6) is 0 Å². The third-order valence-electron chi connectivity index (χ3n) is 3.01. The molecule has 20 heavy (non-hydrogen) atoms. The Morgan fingerprint density at radius 1 is 1.20 bits per heavy atom. The number of nitro benzene ring substituents is 1. The first-order valence-electron chi connectivity index (χ1n) is 6.35. The Labute approximate surface area is 116 Å².